The molecule has 0 aromatic carbocycles. The van der Waals surface area contributed by atoms with Crippen LogP contribution in [-0.4, -0.2) is 46.0 Å². The van der Waals surface area contributed by atoms with Crippen LogP contribution in [0.3, 0.4) is 0 Å². The number of pyridine rings is 1. The zero-order valence-electron chi connectivity index (χ0n) is 14.5. The van der Waals surface area contributed by atoms with E-state index in [0.29, 0.717) is 24.6 Å². The number of H-pyrrole nitrogens is 1. The summed E-state index contributed by atoms with van der Waals surface area (Å²) in [6.45, 7) is 5.60. The summed E-state index contributed by atoms with van der Waals surface area (Å²) >= 11 is 0. The average molecular weight is 339 g/mol. The molecule has 0 radical (unpaired) electrons. The second-order valence-electron chi connectivity index (χ2n) is 6.93. The fourth-order valence-corrected chi connectivity index (χ4v) is 4.01. The highest BCUT2D eigenvalue weighted by Gasteiger charge is 2.36. The molecule has 0 aliphatic carbocycles. The van der Waals surface area contributed by atoms with Crippen molar-refractivity contribution in [1.82, 2.24) is 14.9 Å². The molecule has 25 heavy (non-hydrogen) atoms. The Morgan fingerprint density at radius 2 is 2.40 bits per heavy atom. The lowest BCUT2D eigenvalue weighted by Gasteiger charge is -2.39. The minimum atomic E-state index is -0.981. The third kappa shape index (κ3) is 2.72. The standard InChI is InChI=1S/C18H22BN3O3/c1-3-16(23)22-7-5-11(2)14(10-22)13-8-19(24)25-15-9-21-18-12(17(13)15)4-6-20-18/h4,6,8-9,11,14,24H,3,5,7,10H2,1-2H3,(H,20,21)/t11-,14?/m1/s1. The predicted octanol–water partition coefficient (Wildman–Crippen LogP) is 2.25. The van der Waals surface area contributed by atoms with E-state index in [1.165, 1.54) is 0 Å². The van der Waals surface area contributed by atoms with Crippen molar-refractivity contribution in [2.45, 2.75) is 26.7 Å². The number of fused-ring (bicyclic) bond motifs is 3. The number of rotatable bonds is 2. The Kier molecular flexibility index (Phi) is 4.03. The van der Waals surface area contributed by atoms with Crippen molar-refractivity contribution in [1.29, 1.82) is 0 Å². The fraction of sp³-hybridized carbons (Fsp3) is 0.444. The van der Waals surface area contributed by atoms with Crippen molar-refractivity contribution in [3.63, 3.8) is 0 Å². The summed E-state index contributed by atoms with van der Waals surface area (Å²) in [5.74, 6) is 3.17. The minimum absolute atomic E-state index is 0.169. The van der Waals surface area contributed by atoms with Gasteiger partial charge < -0.3 is 19.6 Å². The number of amides is 1. The van der Waals surface area contributed by atoms with Gasteiger partial charge in [-0.15, -0.1) is 0 Å². The van der Waals surface area contributed by atoms with E-state index in [-0.39, 0.29) is 11.8 Å². The molecule has 130 valence electrons. The summed E-state index contributed by atoms with van der Waals surface area (Å²) < 4.78 is 5.58. The van der Waals surface area contributed by atoms with Crippen LogP contribution in [0.25, 0.3) is 16.6 Å². The van der Waals surface area contributed by atoms with Gasteiger partial charge >= 0.3 is 7.12 Å². The summed E-state index contributed by atoms with van der Waals surface area (Å²) in [5.41, 5.74) is 2.84. The Balaban J connectivity index is 1.78. The van der Waals surface area contributed by atoms with Crippen LogP contribution in [0.4, 0.5) is 0 Å². The van der Waals surface area contributed by atoms with Crippen molar-refractivity contribution < 1.29 is 14.5 Å². The molecule has 2 atom stereocenters. The molecule has 7 heteroatoms. The number of aromatic nitrogens is 2. The van der Waals surface area contributed by atoms with Crippen LogP contribution >= 0.6 is 0 Å². The number of carbonyl (C=O) groups excluding carboxylic acids is 1. The van der Waals surface area contributed by atoms with Crippen LogP contribution in [-0.2, 0) is 4.79 Å². The molecule has 0 bridgehead atoms. The molecule has 0 spiro atoms. The van der Waals surface area contributed by atoms with E-state index >= 15 is 0 Å². The zero-order valence-corrected chi connectivity index (χ0v) is 14.5. The number of piperidine rings is 1. The van der Waals surface area contributed by atoms with E-state index in [1.54, 1.807) is 12.2 Å². The molecule has 4 rings (SSSR count). The number of hydrogen-bond donors (Lipinski definition) is 2. The molecule has 1 fully saturated rings. The Morgan fingerprint density at radius 3 is 3.20 bits per heavy atom. The first-order valence-corrected chi connectivity index (χ1v) is 8.89. The highest BCUT2D eigenvalue weighted by molar-refractivity contribution is 6.52. The van der Waals surface area contributed by atoms with Gasteiger partial charge in [0.1, 0.15) is 11.4 Å². The van der Waals surface area contributed by atoms with Crippen LogP contribution in [0.2, 0.25) is 0 Å². The van der Waals surface area contributed by atoms with Gasteiger partial charge in [0, 0.05) is 42.6 Å². The lowest BCUT2D eigenvalue weighted by atomic mass is 9.72. The lowest BCUT2D eigenvalue weighted by molar-refractivity contribution is -0.132. The maximum atomic E-state index is 12.2. The molecule has 6 nitrogen and oxygen atoms in total. The molecular weight excluding hydrogens is 317 g/mol. The SMILES string of the molecule is CCC(=O)N1CC[C@@H](C)C(C2=CB(O)Oc3cnc4[nH]ccc4c32)C1. The Bertz CT molecular complexity index is 847. The third-order valence-corrected chi connectivity index (χ3v) is 5.42. The number of aromatic amines is 1. The molecule has 2 aliphatic heterocycles. The topological polar surface area (TPSA) is 78.5 Å². The van der Waals surface area contributed by atoms with Gasteiger partial charge in [0.05, 0.1) is 6.20 Å². The Morgan fingerprint density at radius 1 is 1.56 bits per heavy atom. The van der Waals surface area contributed by atoms with E-state index in [1.807, 2.05) is 24.1 Å². The molecule has 2 aliphatic rings. The Labute approximate surface area is 147 Å². The Hall–Kier alpha value is -2.28. The molecule has 2 N–H and O–H groups in total. The number of nitrogens with zero attached hydrogens (tertiary/aromatic N) is 2. The molecule has 0 saturated carbocycles. The van der Waals surface area contributed by atoms with Crippen LogP contribution < -0.4 is 4.65 Å². The van der Waals surface area contributed by atoms with Crippen molar-refractivity contribution in [3.05, 3.63) is 30.0 Å². The van der Waals surface area contributed by atoms with Gasteiger partial charge in [0.25, 0.3) is 0 Å². The van der Waals surface area contributed by atoms with E-state index in [4.69, 9.17) is 4.65 Å². The smallest absolute Gasteiger partial charge is 0.531 e. The quantitative estimate of drug-likeness (QED) is 0.823. The van der Waals surface area contributed by atoms with Crippen LogP contribution in [0, 0.1) is 11.8 Å². The monoisotopic (exact) mass is 339 g/mol. The molecule has 2 aromatic rings. The first kappa shape index (κ1) is 16.2. The second-order valence-corrected chi connectivity index (χ2v) is 6.93. The van der Waals surface area contributed by atoms with Gasteiger partial charge in [-0.1, -0.05) is 13.8 Å². The normalized spacial score (nSPS) is 23.2. The first-order valence-electron chi connectivity index (χ1n) is 8.89. The van der Waals surface area contributed by atoms with E-state index in [2.05, 4.69) is 16.9 Å². The number of hydrogen-bond acceptors (Lipinski definition) is 4. The second kappa shape index (κ2) is 6.22. The van der Waals surface area contributed by atoms with Gasteiger partial charge in [0.2, 0.25) is 5.91 Å². The van der Waals surface area contributed by atoms with E-state index < -0.39 is 7.12 Å². The summed E-state index contributed by atoms with van der Waals surface area (Å²) in [7, 11) is -0.981. The molecule has 1 saturated heterocycles. The average Bonchev–Trinajstić information content (AvgIpc) is 3.09. The van der Waals surface area contributed by atoms with Gasteiger partial charge in [-0.3, -0.25) is 4.79 Å². The van der Waals surface area contributed by atoms with Gasteiger partial charge in [-0.05, 0) is 30.0 Å². The van der Waals surface area contributed by atoms with E-state index in [9.17, 15) is 9.82 Å². The molecule has 1 unspecified atom stereocenters. The number of likely N-dealkylation sites (tertiary alicyclic amines) is 1. The van der Waals surface area contributed by atoms with Crippen LogP contribution in [0.1, 0.15) is 32.3 Å². The predicted molar refractivity (Wildman–Crippen MR) is 96.8 cm³/mol. The number of carbonyl (C=O) groups is 1. The largest absolute Gasteiger partial charge is 0.552 e. The van der Waals surface area contributed by atoms with Crippen molar-refractivity contribution in [2.75, 3.05) is 13.1 Å². The maximum absolute atomic E-state index is 12.2. The van der Waals surface area contributed by atoms with Gasteiger partial charge in [0.15, 0.2) is 0 Å². The minimum Gasteiger partial charge on any atom is -0.531 e. The van der Waals surface area contributed by atoms with E-state index in [0.717, 1.165) is 35.1 Å². The summed E-state index contributed by atoms with van der Waals surface area (Å²) in [4.78, 5) is 21.6. The zero-order chi connectivity index (χ0) is 17.6. The van der Waals surface area contributed by atoms with Crippen LogP contribution in [0.15, 0.2) is 24.4 Å². The lowest BCUT2D eigenvalue weighted by Crippen LogP contribution is -2.44. The molecule has 1 amide bonds. The van der Waals surface area contributed by atoms with Crippen molar-refractivity contribution in [2.24, 2.45) is 11.8 Å². The first-order chi connectivity index (χ1) is 12.1. The fourth-order valence-electron chi connectivity index (χ4n) is 4.01. The summed E-state index contributed by atoms with van der Waals surface area (Å²) in [6, 6.07) is 1.98. The molecule has 4 heterocycles. The van der Waals surface area contributed by atoms with Crippen molar-refractivity contribution >= 4 is 29.6 Å². The van der Waals surface area contributed by atoms with Gasteiger partial charge in [-0.25, -0.2) is 4.98 Å². The maximum Gasteiger partial charge on any atom is 0.552 e. The van der Waals surface area contributed by atoms with Crippen molar-refractivity contribution in [3.8, 4) is 5.75 Å². The van der Waals surface area contributed by atoms with Gasteiger partial charge in [-0.2, -0.15) is 0 Å². The highest BCUT2D eigenvalue weighted by Crippen LogP contribution is 2.43. The number of nitrogens with one attached hydrogen (secondary N) is 1. The summed E-state index contributed by atoms with van der Waals surface area (Å²) in [6.07, 6.45) is 5.00. The molecular formula is C18H22BN3O3. The summed E-state index contributed by atoms with van der Waals surface area (Å²) in [5, 5.41) is 11.2. The highest BCUT2D eigenvalue weighted by atomic mass is 16.5. The molecule has 2 aromatic heterocycles. The third-order valence-electron chi connectivity index (χ3n) is 5.42. The van der Waals surface area contributed by atoms with Crippen LogP contribution in [0.5, 0.6) is 5.75 Å².